The van der Waals surface area contributed by atoms with Crippen LogP contribution in [0.15, 0.2) is 36.7 Å². The van der Waals surface area contributed by atoms with Crippen LogP contribution in [0.3, 0.4) is 0 Å². The zero-order valence-electron chi connectivity index (χ0n) is 11.8. The van der Waals surface area contributed by atoms with Crippen molar-refractivity contribution in [2.45, 2.75) is 19.8 Å². The molecule has 0 aliphatic rings. The number of carbonyl (C=O) groups is 1. The van der Waals surface area contributed by atoms with E-state index in [1.54, 1.807) is 13.2 Å². The van der Waals surface area contributed by atoms with Gasteiger partial charge in [0.05, 0.1) is 12.4 Å². The predicted molar refractivity (Wildman–Crippen MR) is 80.1 cm³/mol. The number of aromatic nitrogens is 2. The molecule has 1 aromatic carbocycles. The minimum Gasteiger partial charge on any atom is -0.372 e. The van der Waals surface area contributed by atoms with Crippen LogP contribution >= 0.6 is 0 Å². The van der Waals surface area contributed by atoms with E-state index >= 15 is 0 Å². The summed E-state index contributed by atoms with van der Waals surface area (Å²) in [5, 5.41) is 5.69. The summed E-state index contributed by atoms with van der Waals surface area (Å²) >= 11 is 0. The van der Waals surface area contributed by atoms with Crippen LogP contribution in [0.5, 0.6) is 0 Å². The molecule has 5 nitrogen and oxygen atoms in total. The summed E-state index contributed by atoms with van der Waals surface area (Å²) < 4.78 is 0. The number of carbonyl (C=O) groups excluding carboxylic acids is 1. The minimum absolute atomic E-state index is 0.268. The van der Waals surface area contributed by atoms with Gasteiger partial charge in [0.15, 0.2) is 0 Å². The molecule has 1 aromatic heterocycles. The Morgan fingerprint density at radius 1 is 1.25 bits per heavy atom. The van der Waals surface area contributed by atoms with Crippen LogP contribution < -0.4 is 10.6 Å². The van der Waals surface area contributed by atoms with Crippen molar-refractivity contribution in [3.8, 4) is 0 Å². The Bertz CT molecular complexity index is 610. The molecular weight excluding hydrogens is 252 g/mol. The van der Waals surface area contributed by atoms with E-state index in [4.69, 9.17) is 0 Å². The first-order valence-electron chi connectivity index (χ1n) is 6.51. The van der Waals surface area contributed by atoms with Crippen LogP contribution in [0.4, 0.5) is 11.5 Å². The fourth-order valence-corrected chi connectivity index (χ4v) is 1.77. The smallest absolute Gasteiger partial charge is 0.275 e. The van der Waals surface area contributed by atoms with Gasteiger partial charge in [0, 0.05) is 12.7 Å². The highest BCUT2D eigenvalue weighted by Gasteiger charge is 2.09. The second kappa shape index (κ2) is 6.14. The topological polar surface area (TPSA) is 66.9 Å². The first kappa shape index (κ1) is 14.0. The lowest BCUT2D eigenvalue weighted by Crippen LogP contribution is -2.15. The molecule has 1 amide bonds. The van der Waals surface area contributed by atoms with Crippen LogP contribution in [-0.4, -0.2) is 22.9 Å². The van der Waals surface area contributed by atoms with Gasteiger partial charge in [0.1, 0.15) is 11.5 Å². The quantitative estimate of drug-likeness (QED) is 0.896. The summed E-state index contributed by atoms with van der Waals surface area (Å²) in [5.41, 5.74) is 2.22. The number of hydrogen-bond donors (Lipinski definition) is 2. The molecule has 0 atom stereocenters. The maximum absolute atomic E-state index is 12.1. The second-order valence-corrected chi connectivity index (χ2v) is 4.77. The summed E-state index contributed by atoms with van der Waals surface area (Å²) in [7, 11) is 1.73. The lowest BCUT2D eigenvalue weighted by molar-refractivity contribution is 0.102. The summed E-state index contributed by atoms with van der Waals surface area (Å²) in [5.74, 6) is 0.711. The predicted octanol–water partition coefficient (Wildman–Crippen LogP) is 2.89. The third-order valence-corrected chi connectivity index (χ3v) is 2.93. The van der Waals surface area contributed by atoms with E-state index in [0.29, 0.717) is 11.7 Å². The van der Waals surface area contributed by atoms with Gasteiger partial charge in [-0.3, -0.25) is 9.78 Å². The van der Waals surface area contributed by atoms with Crippen LogP contribution in [0, 0.1) is 0 Å². The van der Waals surface area contributed by atoms with Gasteiger partial charge < -0.3 is 10.6 Å². The highest BCUT2D eigenvalue weighted by molar-refractivity contribution is 6.02. The van der Waals surface area contributed by atoms with E-state index < -0.39 is 0 Å². The van der Waals surface area contributed by atoms with Crippen molar-refractivity contribution in [2.24, 2.45) is 0 Å². The van der Waals surface area contributed by atoms with Gasteiger partial charge >= 0.3 is 0 Å². The van der Waals surface area contributed by atoms with Gasteiger partial charge in [-0.1, -0.05) is 26.0 Å². The molecule has 0 spiro atoms. The molecule has 5 heteroatoms. The molecule has 0 bridgehead atoms. The van der Waals surface area contributed by atoms with Crippen molar-refractivity contribution in [3.63, 3.8) is 0 Å². The van der Waals surface area contributed by atoms with Crippen molar-refractivity contribution in [1.82, 2.24) is 9.97 Å². The normalized spacial score (nSPS) is 10.4. The number of amides is 1. The Morgan fingerprint density at radius 2 is 2.05 bits per heavy atom. The average molecular weight is 270 g/mol. The average Bonchev–Trinajstić information content (AvgIpc) is 2.47. The third-order valence-electron chi connectivity index (χ3n) is 2.93. The van der Waals surface area contributed by atoms with Crippen molar-refractivity contribution in [2.75, 3.05) is 17.7 Å². The Hall–Kier alpha value is -2.43. The number of nitrogens with zero attached hydrogens (tertiary/aromatic N) is 2. The summed E-state index contributed by atoms with van der Waals surface area (Å²) in [6, 6.07) is 7.81. The van der Waals surface area contributed by atoms with Gasteiger partial charge in [0.2, 0.25) is 0 Å². The number of rotatable bonds is 4. The van der Waals surface area contributed by atoms with Crippen molar-refractivity contribution in [3.05, 3.63) is 47.9 Å². The number of anilines is 2. The first-order valence-corrected chi connectivity index (χ1v) is 6.51. The SMILES string of the molecule is CNc1cncc(C(=O)Nc2cccc(C(C)C)c2)n1. The standard InChI is InChI=1S/C15H18N4O/c1-10(2)11-5-4-6-12(7-11)18-15(20)13-8-17-9-14(16-3)19-13/h4-10H,1-3H3,(H,16,19)(H,18,20). The van der Waals surface area contributed by atoms with Gasteiger partial charge in [-0.05, 0) is 23.6 Å². The highest BCUT2D eigenvalue weighted by Crippen LogP contribution is 2.18. The third kappa shape index (κ3) is 3.32. The molecular formula is C15H18N4O. The minimum atomic E-state index is -0.268. The molecule has 1 heterocycles. The Kier molecular flexibility index (Phi) is 4.30. The second-order valence-electron chi connectivity index (χ2n) is 4.77. The van der Waals surface area contributed by atoms with E-state index in [1.165, 1.54) is 11.8 Å². The number of hydrogen-bond acceptors (Lipinski definition) is 4. The first-order chi connectivity index (χ1) is 9.60. The summed E-state index contributed by atoms with van der Waals surface area (Å²) in [6.45, 7) is 4.23. The Morgan fingerprint density at radius 3 is 2.75 bits per heavy atom. The van der Waals surface area contributed by atoms with Crippen molar-refractivity contribution in [1.29, 1.82) is 0 Å². The van der Waals surface area contributed by atoms with Gasteiger partial charge in [0.25, 0.3) is 5.91 Å². The zero-order chi connectivity index (χ0) is 14.5. The molecule has 0 aliphatic carbocycles. The van der Waals surface area contributed by atoms with Gasteiger partial charge in [-0.15, -0.1) is 0 Å². The van der Waals surface area contributed by atoms with Gasteiger partial charge in [-0.25, -0.2) is 4.98 Å². The summed E-state index contributed by atoms with van der Waals surface area (Å²) in [6.07, 6.45) is 3.01. The Labute approximate surface area is 118 Å². The van der Waals surface area contributed by atoms with E-state index in [9.17, 15) is 4.79 Å². The van der Waals surface area contributed by atoms with Crippen LogP contribution in [0.25, 0.3) is 0 Å². The highest BCUT2D eigenvalue weighted by atomic mass is 16.1. The van der Waals surface area contributed by atoms with Crippen molar-refractivity contribution < 1.29 is 4.79 Å². The lowest BCUT2D eigenvalue weighted by Gasteiger charge is -2.09. The molecule has 0 fully saturated rings. The molecule has 0 radical (unpaired) electrons. The molecule has 0 aliphatic heterocycles. The molecule has 2 rings (SSSR count). The number of benzene rings is 1. The molecule has 0 saturated carbocycles. The summed E-state index contributed by atoms with van der Waals surface area (Å²) in [4.78, 5) is 20.3. The molecule has 2 aromatic rings. The maximum Gasteiger partial charge on any atom is 0.275 e. The zero-order valence-corrected chi connectivity index (χ0v) is 11.8. The largest absolute Gasteiger partial charge is 0.372 e. The lowest BCUT2D eigenvalue weighted by atomic mass is 10.0. The maximum atomic E-state index is 12.1. The van der Waals surface area contributed by atoms with E-state index in [2.05, 4.69) is 34.4 Å². The molecule has 0 unspecified atom stereocenters. The molecule has 2 N–H and O–H groups in total. The van der Waals surface area contributed by atoms with E-state index in [0.717, 1.165) is 5.69 Å². The van der Waals surface area contributed by atoms with E-state index in [-0.39, 0.29) is 11.6 Å². The van der Waals surface area contributed by atoms with Crippen molar-refractivity contribution >= 4 is 17.4 Å². The molecule has 20 heavy (non-hydrogen) atoms. The Balaban J connectivity index is 2.16. The van der Waals surface area contributed by atoms with Crippen LogP contribution in [0.2, 0.25) is 0 Å². The fraction of sp³-hybridized carbons (Fsp3) is 0.267. The molecule has 0 saturated heterocycles. The molecule has 104 valence electrons. The van der Waals surface area contributed by atoms with Gasteiger partial charge in [-0.2, -0.15) is 0 Å². The van der Waals surface area contributed by atoms with Crippen LogP contribution in [-0.2, 0) is 0 Å². The van der Waals surface area contributed by atoms with E-state index in [1.807, 2.05) is 24.3 Å². The monoisotopic (exact) mass is 270 g/mol. The number of nitrogens with one attached hydrogen (secondary N) is 2. The fourth-order valence-electron chi connectivity index (χ4n) is 1.77. The van der Waals surface area contributed by atoms with Crippen LogP contribution in [0.1, 0.15) is 35.8 Å².